The molecule has 4 rings (SSSR count). The van der Waals surface area contributed by atoms with Crippen molar-refractivity contribution in [1.29, 1.82) is 0 Å². The number of carbonyl (C=O) groups excluding carboxylic acids is 1. The lowest BCUT2D eigenvalue weighted by molar-refractivity contribution is 0.102. The molecule has 4 aromatic rings. The highest BCUT2D eigenvalue weighted by molar-refractivity contribution is 6.12. The molecule has 0 saturated carbocycles. The predicted molar refractivity (Wildman–Crippen MR) is 103 cm³/mol. The van der Waals surface area contributed by atoms with E-state index in [4.69, 9.17) is 4.74 Å². The number of benzene rings is 2. The number of nitrogens with zero attached hydrogens (tertiary/aromatic N) is 1. The number of hydrogen-bond donors (Lipinski definition) is 2. The SMILES string of the molecule is O=C(Nc1ccc(Oc2ccc(F)cc2)nc1)c1cc(=O)[nH]c2ccccc12. The first kappa shape index (κ1) is 17.4. The van der Waals surface area contributed by atoms with Crippen molar-refractivity contribution in [2.24, 2.45) is 0 Å². The van der Waals surface area contributed by atoms with Crippen molar-refractivity contribution in [2.75, 3.05) is 5.32 Å². The molecule has 2 aromatic heterocycles. The minimum absolute atomic E-state index is 0.269. The van der Waals surface area contributed by atoms with Crippen LogP contribution in [0.25, 0.3) is 10.9 Å². The molecule has 0 saturated heterocycles. The Bertz CT molecular complexity index is 1200. The van der Waals surface area contributed by atoms with Gasteiger partial charge in [-0.25, -0.2) is 9.37 Å². The average Bonchev–Trinajstić information content (AvgIpc) is 2.70. The molecule has 2 N–H and O–H groups in total. The Hall–Kier alpha value is -4.00. The largest absolute Gasteiger partial charge is 0.439 e. The van der Waals surface area contributed by atoms with Gasteiger partial charge in [0.25, 0.3) is 5.91 Å². The number of fused-ring (bicyclic) bond motifs is 1. The summed E-state index contributed by atoms with van der Waals surface area (Å²) >= 11 is 0. The number of H-pyrrole nitrogens is 1. The molecule has 0 aliphatic rings. The number of carbonyl (C=O) groups is 1. The average molecular weight is 375 g/mol. The van der Waals surface area contributed by atoms with E-state index < -0.39 is 5.91 Å². The van der Waals surface area contributed by atoms with Gasteiger partial charge in [-0.1, -0.05) is 18.2 Å². The third-order valence-corrected chi connectivity index (χ3v) is 4.03. The molecule has 0 fully saturated rings. The number of anilines is 1. The molecular formula is C21H14FN3O3. The van der Waals surface area contributed by atoms with E-state index in [1.165, 1.54) is 36.5 Å². The van der Waals surface area contributed by atoms with E-state index in [1.54, 1.807) is 36.4 Å². The number of halogens is 1. The Morgan fingerprint density at radius 1 is 1.04 bits per heavy atom. The summed E-state index contributed by atoms with van der Waals surface area (Å²) in [6.45, 7) is 0. The Morgan fingerprint density at radius 3 is 2.57 bits per heavy atom. The van der Waals surface area contributed by atoms with E-state index in [-0.39, 0.29) is 16.9 Å². The van der Waals surface area contributed by atoms with Gasteiger partial charge in [0.15, 0.2) is 0 Å². The van der Waals surface area contributed by atoms with E-state index in [0.29, 0.717) is 28.2 Å². The smallest absolute Gasteiger partial charge is 0.256 e. The zero-order chi connectivity index (χ0) is 19.5. The van der Waals surface area contributed by atoms with Crippen LogP contribution in [0.3, 0.4) is 0 Å². The Labute approximate surface area is 158 Å². The van der Waals surface area contributed by atoms with Crippen molar-refractivity contribution in [3.63, 3.8) is 0 Å². The molecule has 0 aliphatic carbocycles. The quantitative estimate of drug-likeness (QED) is 0.562. The van der Waals surface area contributed by atoms with Gasteiger partial charge >= 0.3 is 0 Å². The van der Waals surface area contributed by atoms with Gasteiger partial charge in [0.05, 0.1) is 17.4 Å². The van der Waals surface area contributed by atoms with Gasteiger partial charge in [-0.05, 0) is 36.4 Å². The number of pyridine rings is 2. The number of ether oxygens (including phenoxy) is 1. The van der Waals surface area contributed by atoms with Gasteiger partial charge in [0.1, 0.15) is 11.6 Å². The van der Waals surface area contributed by atoms with Crippen molar-refractivity contribution in [1.82, 2.24) is 9.97 Å². The molecule has 0 aliphatic heterocycles. The Morgan fingerprint density at radius 2 is 1.82 bits per heavy atom. The lowest BCUT2D eigenvalue weighted by Gasteiger charge is -2.09. The van der Waals surface area contributed by atoms with Gasteiger partial charge < -0.3 is 15.0 Å². The number of aromatic nitrogens is 2. The number of rotatable bonds is 4. The molecule has 1 amide bonds. The molecule has 28 heavy (non-hydrogen) atoms. The molecule has 138 valence electrons. The topological polar surface area (TPSA) is 84.1 Å². The summed E-state index contributed by atoms with van der Waals surface area (Å²) in [5.41, 5.74) is 0.943. The maximum Gasteiger partial charge on any atom is 0.256 e. The van der Waals surface area contributed by atoms with Crippen LogP contribution >= 0.6 is 0 Å². The minimum Gasteiger partial charge on any atom is -0.439 e. The zero-order valence-corrected chi connectivity index (χ0v) is 14.5. The molecule has 0 radical (unpaired) electrons. The fourth-order valence-corrected chi connectivity index (χ4v) is 2.73. The van der Waals surface area contributed by atoms with Crippen LogP contribution in [0.5, 0.6) is 11.6 Å². The summed E-state index contributed by atoms with van der Waals surface area (Å²) in [7, 11) is 0. The normalized spacial score (nSPS) is 10.6. The molecule has 0 atom stereocenters. The second-order valence-corrected chi connectivity index (χ2v) is 5.99. The van der Waals surface area contributed by atoms with Gasteiger partial charge in [0.2, 0.25) is 11.4 Å². The Kier molecular flexibility index (Phi) is 4.55. The zero-order valence-electron chi connectivity index (χ0n) is 14.5. The number of nitrogens with one attached hydrogen (secondary N) is 2. The Balaban J connectivity index is 1.52. The summed E-state index contributed by atoms with van der Waals surface area (Å²) in [6.07, 6.45) is 1.44. The van der Waals surface area contributed by atoms with Gasteiger partial charge in [-0.15, -0.1) is 0 Å². The maximum absolute atomic E-state index is 12.9. The van der Waals surface area contributed by atoms with E-state index >= 15 is 0 Å². The van der Waals surface area contributed by atoms with Crippen molar-refractivity contribution < 1.29 is 13.9 Å². The van der Waals surface area contributed by atoms with Gasteiger partial charge in [0, 0.05) is 23.0 Å². The van der Waals surface area contributed by atoms with Gasteiger partial charge in [-0.2, -0.15) is 0 Å². The number of amides is 1. The van der Waals surface area contributed by atoms with Crippen LogP contribution in [0.1, 0.15) is 10.4 Å². The lowest BCUT2D eigenvalue weighted by Crippen LogP contribution is -2.16. The van der Waals surface area contributed by atoms with Crippen LogP contribution in [0.2, 0.25) is 0 Å². The minimum atomic E-state index is -0.420. The second kappa shape index (κ2) is 7.32. The van der Waals surface area contributed by atoms with Crippen LogP contribution in [0.15, 0.2) is 77.7 Å². The highest BCUT2D eigenvalue weighted by Gasteiger charge is 2.12. The monoisotopic (exact) mass is 375 g/mol. The van der Waals surface area contributed by atoms with E-state index in [0.717, 1.165) is 0 Å². The first-order chi connectivity index (χ1) is 13.6. The first-order valence-corrected chi connectivity index (χ1v) is 8.41. The summed E-state index contributed by atoms with van der Waals surface area (Å²) in [4.78, 5) is 31.3. The van der Waals surface area contributed by atoms with Crippen LogP contribution in [0.4, 0.5) is 10.1 Å². The molecule has 6 nitrogen and oxygen atoms in total. The highest BCUT2D eigenvalue weighted by Crippen LogP contribution is 2.21. The van der Waals surface area contributed by atoms with Crippen LogP contribution in [-0.4, -0.2) is 15.9 Å². The fourth-order valence-electron chi connectivity index (χ4n) is 2.73. The summed E-state index contributed by atoms with van der Waals surface area (Å²) in [5, 5.41) is 3.36. The summed E-state index contributed by atoms with van der Waals surface area (Å²) in [6, 6.07) is 17.1. The van der Waals surface area contributed by atoms with Gasteiger partial charge in [-0.3, -0.25) is 9.59 Å². The van der Waals surface area contributed by atoms with E-state index in [1.807, 2.05) is 0 Å². The number of para-hydroxylation sites is 1. The van der Waals surface area contributed by atoms with Crippen LogP contribution < -0.4 is 15.6 Å². The molecule has 0 bridgehead atoms. The van der Waals surface area contributed by atoms with E-state index in [2.05, 4.69) is 15.3 Å². The molecule has 0 spiro atoms. The first-order valence-electron chi connectivity index (χ1n) is 8.41. The van der Waals surface area contributed by atoms with Crippen molar-refractivity contribution in [3.05, 3.63) is 94.7 Å². The standard InChI is InChI=1S/C21H14FN3O3/c22-13-5-8-15(9-6-13)28-20-10-7-14(12-23-20)24-21(27)17-11-19(26)25-18-4-2-1-3-16(17)18/h1-12H,(H,24,27)(H,25,26). The second-order valence-electron chi connectivity index (χ2n) is 5.99. The number of hydrogen-bond acceptors (Lipinski definition) is 4. The van der Waals surface area contributed by atoms with E-state index in [9.17, 15) is 14.0 Å². The van der Waals surface area contributed by atoms with Crippen molar-refractivity contribution in [3.8, 4) is 11.6 Å². The summed E-state index contributed by atoms with van der Waals surface area (Å²) < 4.78 is 18.4. The number of aromatic amines is 1. The molecule has 2 heterocycles. The molecule has 2 aromatic carbocycles. The molecular weight excluding hydrogens is 361 g/mol. The summed E-state index contributed by atoms with van der Waals surface area (Å²) in [5.74, 6) is -0.0335. The van der Waals surface area contributed by atoms with Crippen molar-refractivity contribution in [2.45, 2.75) is 0 Å². The molecule has 0 unspecified atom stereocenters. The van der Waals surface area contributed by atoms with Crippen LogP contribution in [0, 0.1) is 5.82 Å². The van der Waals surface area contributed by atoms with Crippen LogP contribution in [-0.2, 0) is 0 Å². The lowest BCUT2D eigenvalue weighted by atomic mass is 10.1. The third-order valence-electron chi connectivity index (χ3n) is 4.03. The highest BCUT2D eigenvalue weighted by atomic mass is 19.1. The predicted octanol–water partition coefficient (Wildman–Crippen LogP) is 4.11. The maximum atomic E-state index is 12.9. The fraction of sp³-hybridized carbons (Fsp3) is 0. The van der Waals surface area contributed by atoms with Crippen molar-refractivity contribution >= 4 is 22.5 Å². The molecule has 7 heteroatoms. The third kappa shape index (κ3) is 3.73.